The minimum Gasteiger partial charge on any atom is -0.489 e. The van der Waals surface area contributed by atoms with Gasteiger partial charge in [-0.1, -0.05) is 41.9 Å². The van der Waals surface area contributed by atoms with Crippen LogP contribution in [0.3, 0.4) is 0 Å². The molecular weight excluding hydrogens is 286 g/mol. The molecule has 0 heterocycles. The zero-order valence-corrected chi connectivity index (χ0v) is 12.6. The van der Waals surface area contributed by atoms with Crippen LogP contribution >= 0.6 is 11.6 Å². The first-order valence-corrected chi connectivity index (χ1v) is 7.44. The minimum atomic E-state index is 0.216. The van der Waals surface area contributed by atoms with Crippen molar-refractivity contribution in [3.05, 3.63) is 64.7 Å². The van der Waals surface area contributed by atoms with Crippen molar-refractivity contribution in [1.29, 1.82) is 0 Å². The fourth-order valence-corrected chi connectivity index (χ4v) is 2.15. The lowest BCUT2D eigenvalue weighted by Crippen LogP contribution is -2.15. The summed E-state index contributed by atoms with van der Waals surface area (Å²) in [5, 5.41) is 12.7. The third-order valence-corrected chi connectivity index (χ3v) is 3.46. The molecule has 2 aromatic carbocycles. The molecule has 112 valence electrons. The summed E-state index contributed by atoms with van der Waals surface area (Å²) in [4.78, 5) is 0. The highest BCUT2D eigenvalue weighted by Crippen LogP contribution is 2.19. The second kappa shape index (κ2) is 8.67. The molecule has 0 spiro atoms. The molecule has 0 aliphatic rings. The first-order valence-electron chi connectivity index (χ1n) is 7.06. The second-order valence-electron chi connectivity index (χ2n) is 4.78. The maximum Gasteiger partial charge on any atom is 0.120 e. The molecule has 4 heteroatoms. The molecular formula is C17H20ClNO2. The number of benzene rings is 2. The lowest BCUT2D eigenvalue weighted by atomic mass is 10.2. The van der Waals surface area contributed by atoms with Gasteiger partial charge in [0.05, 0.1) is 0 Å². The van der Waals surface area contributed by atoms with E-state index in [0.717, 1.165) is 41.4 Å². The van der Waals surface area contributed by atoms with Gasteiger partial charge >= 0.3 is 0 Å². The minimum absolute atomic E-state index is 0.216. The van der Waals surface area contributed by atoms with Crippen molar-refractivity contribution in [1.82, 2.24) is 5.32 Å². The van der Waals surface area contributed by atoms with Crippen LogP contribution in [0, 0.1) is 0 Å². The fourth-order valence-electron chi connectivity index (χ4n) is 1.96. The van der Waals surface area contributed by atoms with E-state index in [1.165, 1.54) is 0 Å². The van der Waals surface area contributed by atoms with Gasteiger partial charge < -0.3 is 15.2 Å². The normalized spacial score (nSPS) is 10.6. The zero-order chi connectivity index (χ0) is 14.9. The highest BCUT2D eigenvalue weighted by Gasteiger charge is 2.01. The molecule has 0 aliphatic heterocycles. The Kier molecular flexibility index (Phi) is 6.54. The standard InChI is InChI=1S/C17H20ClNO2/c18-17-8-2-1-6-15(17)13-21-16-7-3-5-14(11-16)12-19-9-4-10-20/h1-3,5-8,11,19-20H,4,9-10,12-13H2. The molecule has 2 N–H and O–H groups in total. The number of nitrogens with one attached hydrogen (secondary N) is 1. The molecule has 0 atom stereocenters. The number of hydrogen-bond donors (Lipinski definition) is 2. The van der Waals surface area contributed by atoms with Crippen LogP contribution < -0.4 is 10.1 Å². The Balaban J connectivity index is 1.87. The maximum atomic E-state index is 8.74. The fraction of sp³-hybridized carbons (Fsp3) is 0.294. The van der Waals surface area contributed by atoms with E-state index < -0.39 is 0 Å². The van der Waals surface area contributed by atoms with Crippen LogP contribution in [0.4, 0.5) is 0 Å². The van der Waals surface area contributed by atoms with Crippen LogP contribution in [-0.4, -0.2) is 18.3 Å². The summed E-state index contributed by atoms with van der Waals surface area (Å²) in [5.41, 5.74) is 2.13. The van der Waals surface area contributed by atoms with Crippen LogP contribution in [0.15, 0.2) is 48.5 Å². The maximum absolute atomic E-state index is 8.74. The smallest absolute Gasteiger partial charge is 0.120 e. The van der Waals surface area contributed by atoms with E-state index in [1.54, 1.807) is 0 Å². The van der Waals surface area contributed by atoms with E-state index in [2.05, 4.69) is 5.32 Å². The van der Waals surface area contributed by atoms with Crippen molar-refractivity contribution < 1.29 is 9.84 Å². The van der Waals surface area contributed by atoms with E-state index in [4.69, 9.17) is 21.4 Å². The molecule has 0 aliphatic carbocycles. The predicted molar refractivity (Wildman–Crippen MR) is 85.6 cm³/mol. The molecule has 0 saturated heterocycles. The molecule has 21 heavy (non-hydrogen) atoms. The molecule has 0 saturated carbocycles. The molecule has 0 unspecified atom stereocenters. The second-order valence-corrected chi connectivity index (χ2v) is 5.19. The predicted octanol–water partition coefficient (Wildman–Crippen LogP) is 3.39. The summed E-state index contributed by atoms with van der Waals surface area (Å²) in [6.07, 6.45) is 0.767. The van der Waals surface area contributed by atoms with E-state index in [9.17, 15) is 0 Å². The van der Waals surface area contributed by atoms with E-state index in [1.807, 2.05) is 48.5 Å². The van der Waals surface area contributed by atoms with Crippen molar-refractivity contribution in [2.24, 2.45) is 0 Å². The van der Waals surface area contributed by atoms with Gasteiger partial charge in [0, 0.05) is 23.7 Å². The summed E-state index contributed by atoms with van der Waals surface area (Å²) in [6, 6.07) is 15.7. The molecule has 0 amide bonds. The molecule has 0 fully saturated rings. The largest absolute Gasteiger partial charge is 0.489 e. The lowest BCUT2D eigenvalue weighted by molar-refractivity contribution is 0.286. The van der Waals surface area contributed by atoms with Gasteiger partial charge in [0.1, 0.15) is 12.4 Å². The highest BCUT2D eigenvalue weighted by molar-refractivity contribution is 6.31. The summed E-state index contributed by atoms with van der Waals surface area (Å²) in [6.45, 7) is 2.25. The molecule has 2 aromatic rings. The van der Waals surface area contributed by atoms with E-state index in [-0.39, 0.29) is 6.61 Å². The summed E-state index contributed by atoms with van der Waals surface area (Å²) < 4.78 is 5.79. The Labute approximate surface area is 130 Å². The van der Waals surface area contributed by atoms with Gasteiger partial charge in [0.15, 0.2) is 0 Å². The Bertz CT molecular complexity index is 560. The van der Waals surface area contributed by atoms with Gasteiger partial charge in [0.25, 0.3) is 0 Å². The van der Waals surface area contributed by atoms with E-state index in [0.29, 0.717) is 6.61 Å². The van der Waals surface area contributed by atoms with Gasteiger partial charge in [-0.2, -0.15) is 0 Å². The molecule has 3 nitrogen and oxygen atoms in total. The summed E-state index contributed by atoms with van der Waals surface area (Å²) in [5.74, 6) is 0.830. The van der Waals surface area contributed by atoms with Crippen LogP contribution in [0.25, 0.3) is 0 Å². The van der Waals surface area contributed by atoms with Crippen molar-refractivity contribution in [3.63, 3.8) is 0 Å². The van der Waals surface area contributed by atoms with Gasteiger partial charge in [-0.3, -0.25) is 0 Å². The third-order valence-electron chi connectivity index (χ3n) is 3.09. The van der Waals surface area contributed by atoms with Crippen molar-refractivity contribution in [3.8, 4) is 5.75 Å². The quantitative estimate of drug-likeness (QED) is 0.735. The molecule has 0 radical (unpaired) electrons. The average molecular weight is 306 g/mol. The summed E-state index contributed by atoms with van der Waals surface area (Å²) in [7, 11) is 0. The SMILES string of the molecule is OCCCNCc1cccc(OCc2ccccc2Cl)c1. The summed E-state index contributed by atoms with van der Waals surface area (Å²) >= 11 is 6.11. The van der Waals surface area contributed by atoms with Crippen LogP contribution in [0.5, 0.6) is 5.75 Å². The monoisotopic (exact) mass is 305 g/mol. The number of rotatable bonds is 8. The highest BCUT2D eigenvalue weighted by atomic mass is 35.5. The van der Waals surface area contributed by atoms with Gasteiger partial charge in [0.2, 0.25) is 0 Å². The van der Waals surface area contributed by atoms with Crippen LogP contribution in [-0.2, 0) is 13.2 Å². The molecule has 2 rings (SSSR count). The van der Waals surface area contributed by atoms with E-state index >= 15 is 0 Å². The molecule has 0 aromatic heterocycles. The average Bonchev–Trinajstić information content (AvgIpc) is 2.51. The van der Waals surface area contributed by atoms with Gasteiger partial charge in [-0.15, -0.1) is 0 Å². The number of halogens is 1. The Morgan fingerprint density at radius 3 is 2.76 bits per heavy atom. The van der Waals surface area contributed by atoms with Crippen molar-refractivity contribution >= 4 is 11.6 Å². The zero-order valence-electron chi connectivity index (χ0n) is 11.9. The number of ether oxygens (including phenoxy) is 1. The number of hydrogen-bond acceptors (Lipinski definition) is 3. The van der Waals surface area contributed by atoms with Crippen molar-refractivity contribution in [2.45, 2.75) is 19.6 Å². The molecule has 0 bridgehead atoms. The topological polar surface area (TPSA) is 41.5 Å². The third kappa shape index (κ3) is 5.38. The number of aliphatic hydroxyl groups is 1. The number of aliphatic hydroxyl groups excluding tert-OH is 1. The lowest BCUT2D eigenvalue weighted by Gasteiger charge is -2.10. The first-order chi connectivity index (χ1) is 10.3. The Morgan fingerprint density at radius 1 is 1.10 bits per heavy atom. The van der Waals surface area contributed by atoms with Crippen LogP contribution in [0.2, 0.25) is 5.02 Å². The van der Waals surface area contributed by atoms with Gasteiger partial charge in [-0.25, -0.2) is 0 Å². The Morgan fingerprint density at radius 2 is 1.95 bits per heavy atom. The first kappa shape index (κ1) is 15.8. The van der Waals surface area contributed by atoms with Gasteiger partial charge in [-0.05, 0) is 36.7 Å². The van der Waals surface area contributed by atoms with Crippen molar-refractivity contribution in [2.75, 3.05) is 13.2 Å². The van der Waals surface area contributed by atoms with Crippen LogP contribution in [0.1, 0.15) is 17.5 Å². The Hall–Kier alpha value is -1.55.